The normalized spacial score (nSPS) is 10.6. The van der Waals surface area contributed by atoms with Crippen LogP contribution in [0.3, 0.4) is 0 Å². The summed E-state index contributed by atoms with van der Waals surface area (Å²) in [4.78, 5) is 15.5. The van der Waals surface area contributed by atoms with Crippen molar-refractivity contribution >= 4 is 23.0 Å². The summed E-state index contributed by atoms with van der Waals surface area (Å²) < 4.78 is 0. The fourth-order valence-corrected chi connectivity index (χ4v) is 2.63. The van der Waals surface area contributed by atoms with Crippen molar-refractivity contribution in [3.8, 4) is 0 Å². The predicted molar refractivity (Wildman–Crippen MR) is 80.0 cm³/mol. The molecule has 1 N–H and O–H groups in total. The van der Waals surface area contributed by atoms with Crippen LogP contribution < -0.4 is 10.2 Å². The Labute approximate surface area is 117 Å². The minimum Gasteiger partial charge on any atom is -0.373 e. The fraction of sp³-hybridized carbons (Fsp3) is 0.462. The van der Waals surface area contributed by atoms with E-state index in [-0.39, 0.29) is 0 Å². The van der Waals surface area contributed by atoms with Gasteiger partial charge < -0.3 is 10.2 Å². The first-order valence-corrected chi connectivity index (χ1v) is 7.04. The van der Waals surface area contributed by atoms with Gasteiger partial charge in [-0.3, -0.25) is 0 Å². The van der Waals surface area contributed by atoms with E-state index in [0.717, 1.165) is 40.3 Å². The lowest BCUT2D eigenvalue weighted by Gasteiger charge is -2.20. The van der Waals surface area contributed by atoms with Crippen LogP contribution in [0.25, 0.3) is 0 Å². The molecule has 0 spiro atoms. The van der Waals surface area contributed by atoms with Gasteiger partial charge in [-0.1, -0.05) is 0 Å². The highest BCUT2D eigenvalue weighted by Crippen LogP contribution is 2.23. The molecule has 0 amide bonds. The SMILES string of the molecule is CNc1nc(C)nc(N(C)Cc2csc(C)n2)c1C. The maximum atomic E-state index is 4.53. The van der Waals surface area contributed by atoms with E-state index in [0.29, 0.717) is 0 Å². The van der Waals surface area contributed by atoms with E-state index in [1.807, 2.05) is 34.9 Å². The Morgan fingerprint density at radius 3 is 2.53 bits per heavy atom. The number of anilines is 2. The second kappa shape index (κ2) is 5.52. The standard InChI is InChI=1S/C13H19N5S/c1-8-12(14-4)15-9(2)16-13(8)18(5)6-11-7-19-10(3)17-11/h7H,6H2,1-5H3,(H,14,15,16). The third-order valence-corrected chi connectivity index (χ3v) is 3.72. The van der Waals surface area contributed by atoms with Crippen molar-refractivity contribution in [1.82, 2.24) is 15.0 Å². The molecule has 0 saturated heterocycles. The monoisotopic (exact) mass is 277 g/mol. The molecule has 6 heteroatoms. The molecule has 2 rings (SSSR count). The van der Waals surface area contributed by atoms with Gasteiger partial charge in [0.25, 0.3) is 0 Å². The highest BCUT2D eigenvalue weighted by atomic mass is 32.1. The number of rotatable bonds is 4. The number of nitrogens with one attached hydrogen (secondary N) is 1. The lowest BCUT2D eigenvalue weighted by molar-refractivity contribution is 0.850. The predicted octanol–water partition coefficient (Wildman–Crippen LogP) is 2.54. The smallest absolute Gasteiger partial charge is 0.137 e. The van der Waals surface area contributed by atoms with Crippen LogP contribution in [0.4, 0.5) is 11.6 Å². The van der Waals surface area contributed by atoms with E-state index >= 15 is 0 Å². The minimum absolute atomic E-state index is 0.755. The topological polar surface area (TPSA) is 53.9 Å². The molecule has 0 saturated carbocycles. The average Bonchev–Trinajstić information content (AvgIpc) is 2.77. The molecule has 102 valence electrons. The van der Waals surface area contributed by atoms with Crippen LogP contribution in [0.15, 0.2) is 5.38 Å². The largest absolute Gasteiger partial charge is 0.373 e. The van der Waals surface area contributed by atoms with Crippen LogP contribution in [-0.2, 0) is 6.54 Å². The van der Waals surface area contributed by atoms with Crippen molar-refractivity contribution in [1.29, 1.82) is 0 Å². The summed E-state index contributed by atoms with van der Waals surface area (Å²) in [5, 5.41) is 6.29. The van der Waals surface area contributed by atoms with Crippen molar-refractivity contribution < 1.29 is 0 Å². The molecule has 0 atom stereocenters. The molecule has 0 fully saturated rings. The molecule has 0 aliphatic rings. The Balaban J connectivity index is 2.28. The molecule has 2 aromatic rings. The van der Waals surface area contributed by atoms with Crippen LogP contribution >= 0.6 is 11.3 Å². The Kier molecular flexibility index (Phi) is 3.99. The average molecular weight is 277 g/mol. The zero-order valence-corrected chi connectivity index (χ0v) is 12.8. The quantitative estimate of drug-likeness (QED) is 0.930. The van der Waals surface area contributed by atoms with Gasteiger partial charge in [0.1, 0.15) is 17.5 Å². The van der Waals surface area contributed by atoms with Crippen LogP contribution in [0.5, 0.6) is 0 Å². The number of aromatic nitrogens is 3. The Morgan fingerprint density at radius 1 is 1.21 bits per heavy atom. The molecule has 0 unspecified atom stereocenters. The maximum Gasteiger partial charge on any atom is 0.137 e. The molecule has 0 aliphatic heterocycles. The van der Waals surface area contributed by atoms with Crippen LogP contribution in [0.2, 0.25) is 0 Å². The lowest BCUT2D eigenvalue weighted by Crippen LogP contribution is -2.20. The van der Waals surface area contributed by atoms with E-state index in [9.17, 15) is 0 Å². The molecule has 0 aromatic carbocycles. The summed E-state index contributed by atoms with van der Waals surface area (Å²) in [6, 6.07) is 0. The van der Waals surface area contributed by atoms with Gasteiger partial charge in [0.15, 0.2) is 0 Å². The second-order valence-corrected chi connectivity index (χ2v) is 5.59. The maximum absolute atomic E-state index is 4.53. The van der Waals surface area contributed by atoms with Gasteiger partial charge in [-0.15, -0.1) is 11.3 Å². The van der Waals surface area contributed by atoms with E-state index < -0.39 is 0 Å². The summed E-state index contributed by atoms with van der Waals surface area (Å²) in [5.41, 5.74) is 2.13. The van der Waals surface area contributed by atoms with E-state index in [4.69, 9.17) is 0 Å². The molecule has 2 aromatic heterocycles. The third-order valence-electron chi connectivity index (χ3n) is 2.90. The van der Waals surface area contributed by atoms with Crippen LogP contribution in [0.1, 0.15) is 22.1 Å². The molecule has 2 heterocycles. The highest BCUT2D eigenvalue weighted by Gasteiger charge is 2.13. The molecule has 0 bridgehead atoms. The Morgan fingerprint density at radius 2 is 1.95 bits per heavy atom. The summed E-state index contributed by atoms with van der Waals surface area (Å²) in [6.07, 6.45) is 0. The summed E-state index contributed by atoms with van der Waals surface area (Å²) >= 11 is 1.67. The molecule has 5 nitrogen and oxygen atoms in total. The fourth-order valence-electron chi connectivity index (χ4n) is 2.03. The molecule has 19 heavy (non-hydrogen) atoms. The van der Waals surface area contributed by atoms with Crippen molar-refractivity contribution in [2.24, 2.45) is 0 Å². The van der Waals surface area contributed by atoms with E-state index in [2.05, 4.69) is 30.5 Å². The van der Waals surface area contributed by atoms with Crippen molar-refractivity contribution in [3.63, 3.8) is 0 Å². The van der Waals surface area contributed by atoms with Crippen molar-refractivity contribution in [2.75, 3.05) is 24.3 Å². The molecular formula is C13H19N5S. The number of hydrogen-bond donors (Lipinski definition) is 1. The summed E-state index contributed by atoms with van der Waals surface area (Å²) in [6.45, 7) is 6.71. The van der Waals surface area contributed by atoms with E-state index in [1.165, 1.54) is 0 Å². The Bertz CT molecular complexity index is 578. The Hall–Kier alpha value is -1.69. The number of nitrogens with zero attached hydrogens (tertiary/aromatic N) is 4. The molecule has 0 aliphatic carbocycles. The van der Waals surface area contributed by atoms with Crippen LogP contribution in [0, 0.1) is 20.8 Å². The number of aryl methyl sites for hydroxylation is 2. The lowest BCUT2D eigenvalue weighted by atomic mass is 10.2. The van der Waals surface area contributed by atoms with Crippen molar-refractivity contribution in [2.45, 2.75) is 27.3 Å². The van der Waals surface area contributed by atoms with Crippen molar-refractivity contribution in [3.05, 3.63) is 27.5 Å². The third kappa shape index (κ3) is 3.01. The zero-order chi connectivity index (χ0) is 14.0. The van der Waals surface area contributed by atoms with Gasteiger partial charge in [-0.2, -0.15) is 0 Å². The first-order valence-electron chi connectivity index (χ1n) is 6.16. The zero-order valence-electron chi connectivity index (χ0n) is 12.0. The summed E-state index contributed by atoms with van der Waals surface area (Å²) in [7, 11) is 3.91. The first-order chi connectivity index (χ1) is 9.01. The summed E-state index contributed by atoms with van der Waals surface area (Å²) in [5.74, 6) is 2.59. The van der Waals surface area contributed by atoms with Crippen LogP contribution in [-0.4, -0.2) is 29.0 Å². The van der Waals surface area contributed by atoms with Gasteiger partial charge in [-0.05, 0) is 20.8 Å². The molecular weight excluding hydrogens is 258 g/mol. The van der Waals surface area contributed by atoms with Gasteiger partial charge >= 0.3 is 0 Å². The van der Waals surface area contributed by atoms with Gasteiger partial charge in [-0.25, -0.2) is 15.0 Å². The van der Waals surface area contributed by atoms with Gasteiger partial charge in [0, 0.05) is 25.0 Å². The van der Waals surface area contributed by atoms with Gasteiger partial charge in [0.2, 0.25) is 0 Å². The highest BCUT2D eigenvalue weighted by molar-refractivity contribution is 7.09. The second-order valence-electron chi connectivity index (χ2n) is 4.53. The number of hydrogen-bond acceptors (Lipinski definition) is 6. The van der Waals surface area contributed by atoms with E-state index in [1.54, 1.807) is 11.3 Å². The minimum atomic E-state index is 0.755. The number of thiazole rings is 1. The first kappa shape index (κ1) is 13.7. The van der Waals surface area contributed by atoms with Gasteiger partial charge in [0.05, 0.1) is 17.2 Å². The molecule has 0 radical (unpaired) electrons.